The second-order valence-corrected chi connectivity index (χ2v) is 15.2. The average Bonchev–Trinajstić information content (AvgIpc) is 3.23. The van der Waals surface area contributed by atoms with E-state index in [-0.39, 0.29) is 16.2 Å². The minimum Gasteiger partial charge on any atom is -0.507 e. The van der Waals surface area contributed by atoms with Gasteiger partial charge in [0.2, 0.25) is 0 Å². The zero-order chi connectivity index (χ0) is 30.1. The molecule has 7 rings (SSSR count). The Morgan fingerprint density at radius 3 is 2.09 bits per heavy atom. The van der Waals surface area contributed by atoms with Crippen LogP contribution in [0.15, 0.2) is 60.7 Å². The highest BCUT2D eigenvalue weighted by molar-refractivity contribution is 6.07. The quantitative estimate of drug-likeness (QED) is 0.263. The molecule has 2 saturated carbocycles. The van der Waals surface area contributed by atoms with Crippen LogP contribution in [0, 0.1) is 10.8 Å². The first-order valence-electron chi connectivity index (χ1n) is 16.2. The van der Waals surface area contributed by atoms with Crippen molar-refractivity contribution in [2.75, 3.05) is 14.2 Å². The molecule has 3 aliphatic carbocycles. The smallest absolute Gasteiger partial charge is 0.130 e. The standard InChI is InChI=1S/C40H46O3/c1-38(2)22-39(3,4)24-40(23-38)33-15-11-10-14-28(33)37-32-19-29(25-12-8-7-9-13-25)30(20-31(32)35(41)21-34(37)40)27-17-16-26(42-5)18-36(27)43-6/h10-11,14-21,25,41H,7-9,12-13,22-24H2,1-6H3. The second kappa shape index (κ2) is 10.0. The van der Waals surface area contributed by atoms with Crippen LogP contribution in [0.25, 0.3) is 33.0 Å². The number of methoxy groups -OCH3 is 2. The van der Waals surface area contributed by atoms with Crippen molar-refractivity contribution in [2.24, 2.45) is 10.8 Å². The van der Waals surface area contributed by atoms with E-state index in [2.05, 4.69) is 76.2 Å². The molecule has 4 aromatic rings. The van der Waals surface area contributed by atoms with Crippen molar-refractivity contribution < 1.29 is 14.6 Å². The van der Waals surface area contributed by atoms with E-state index in [1.165, 1.54) is 71.7 Å². The van der Waals surface area contributed by atoms with Gasteiger partial charge < -0.3 is 14.6 Å². The van der Waals surface area contributed by atoms with Crippen molar-refractivity contribution in [1.82, 2.24) is 0 Å². The molecule has 0 aromatic heterocycles. The molecule has 0 unspecified atom stereocenters. The minimum atomic E-state index is -0.105. The van der Waals surface area contributed by atoms with Crippen molar-refractivity contribution in [2.45, 2.75) is 90.4 Å². The van der Waals surface area contributed by atoms with E-state index in [0.29, 0.717) is 11.7 Å². The third-order valence-corrected chi connectivity index (χ3v) is 10.8. The Balaban J connectivity index is 1.54. The molecule has 0 bridgehead atoms. The SMILES string of the molecule is COc1ccc(-c2cc3c(O)cc4c(c3cc2C2CCCCC2)-c2ccccc2C42CC(C)(C)CC(C)(C)C2)c(OC)c1. The number of hydrogen-bond donors (Lipinski definition) is 1. The highest BCUT2D eigenvalue weighted by Crippen LogP contribution is 2.65. The molecule has 0 radical (unpaired) electrons. The topological polar surface area (TPSA) is 38.7 Å². The Kier molecular flexibility index (Phi) is 6.61. The molecule has 0 amide bonds. The second-order valence-electron chi connectivity index (χ2n) is 15.2. The maximum Gasteiger partial charge on any atom is 0.130 e. The first-order valence-corrected chi connectivity index (χ1v) is 16.2. The summed E-state index contributed by atoms with van der Waals surface area (Å²) in [6.45, 7) is 9.75. The van der Waals surface area contributed by atoms with Gasteiger partial charge in [0, 0.05) is 22.4 Å². The number of benzene rings is 4. The summed E-state index contributed by atoms with van der Waals surface area (Å²) in [4.78, 5) is 0. The van der Waals surface area contributed by atoms with Crippen LogP contribution in [-0.2, 0) is 5.41 Å². The summed E-state index contributed by atoms with van der Waals surface area (Å²) < 4.78 is 11.5. The zero-order valence-corrected chi connectivity index (χ0v) is 26.8. The lowest BCUT2D eigenvalue weighted by Gasteiger charge is -2.51. The van der Waals surface area contributed by atoms with E-state index >= 15 is 0 Å². The van der Waals surface area contributed by atoms with E-state index in [4.69, 9.17) is 9.47 Å². The van der Waals surface area contributed by atoms with E-state index < -0.39 is 0 Å². The molecule has 0 aliphatic heterocycles. The first kappa shape index (κ1) is 28.3. The summed E-state index contributed by atoms with van der Waals surface area (Å²) in [6.07, 6.45) is 9.61. The van der Waals surface area contributed by atoms with Crippen LogP contribution in [0.2, 0.25) is 0 Å². The first-order chi connectivity index (χ1) is 20.6. The molecule has 224 valence electrons. The van der Waals surface area contributed by atoms with Gasteiger partial charge in [-0.25, -0.2) is 0 Å². The number of ether oxygens (including phenoxy) is 2. The van der Waals surface area contributed by atoms with Crippen LogP contribution in [0.1, 0.15) is 102 Å². The molecule has 4 aromatic carbocycles. The van der Waals surface area contributed by atoms with Crippen molar-refractivity contribution in [1.29, 1.82) is 0 Å². The summed E-state index contributed by atoms with van der Waals surface area (Å²) in [5.41, 5.74) is 9.33. The van der Waals surface area contributed by atoms with Gasteiger partial charge in [0.25, 0.3) is 0 Å². The van der Waals surface area contributed by atoms with Crippen LogP contribution in [0.3, 0.4) is 0 Å². The summed E-state index contributed by atoms with van der Waals surface area (Å²) in [5, 5.41) is 14.0. The van der Waals surface area contributed by atoms with Gasteiger partial charge in [0.15, 0.2) is 0 Å². The predicted octanol–water partition coefficient (Wildman–Crippen LogP) is 10.8. The largest absolute Gasteiger partial charge is 0.507 e. The van der Waals surface area contributed by atoms with E-state index in [0.717, 1.165) is 40.9 Å². The van der Waals surface area contributed by atoms with Crippen molar-refractivity contribution in [3.05, 3.63) is 77.4 Å². The minimum absolute atomic E-state index is 0.105. The Bertz CT molecular complexity index is 1700. The number of fused-ring (bicyclic) bond motifs is 7. The summed E-state index contributed by atoms with van der Waals surface area (Å²) in [5.74, 6) is 2.44. The lowest BCUT2D eigenvalue weighted by molar-refractivity contribution is 0.0645. The van der Waals surface area contributed by atoms with Crippen molar-refractivity contribution in [3.63, 3.8) is 0 Å². The Hall–Kier alpha value is -3.46. The monoisotopic (exact) mass is 574 g/mol. The molecule has 0 atom stereocenters. The van der Waals surface area contributed by atoms with Gasteiger partial charge in [-0.1, -0.05) is 71.2 Å². The molecule has 3 aliphatic rings. The van der Waals surface area contributed by atoms with Crippen LogP contribution >= 0.6 is 0 Å². The maximum absolute atomic E-state index is 11.9. The predicted molar refractivity (Wildman–Crippen MR) is 178 cm³/mol. The molecule has 1 N–H and O–H groups in total. The van der Waals surface area contributed by atoms with Crippen LogP contribution in [-0.4, -0.2) is 19.3 Å². The molecule has 0 saturated heterocycles. The summed E-state index contributed by atoms with van der Waals surface area (Å²) >= 11 is 0. The summed E-state index contributed by atoms with van der Waals surface area (Å²) in [6, 6.07) is 22.0. The third-order valence-electron chi connectivity index (χ3n) is 10.8. The van der Waals surface area contributed by atoms with E-state index in [1.807, 2.05) is 12.1 Å². The van der Waals surface area contributed by atoms with Gasteiger partial charge in [-0.05, 0) is 118 Å². The van der Waals surface area contributed by atoms with Gasteiger partial charge in [0.05, 0.1) is 14.2 Å². The Labute approximate surface area is 257 Å². The summed E-state index contributed by atoms with van der Waals surface area (Å²) in [7, 11) is 3.42. The van der Waals surface area contributed by atoms with Gasteiger partial charge in [-0.3, -0.25) is 0 Å². The van der Waals surface area contributed by atoms with Crippen LogP contribution < -0.4 is 9.47 Å². The molecule has 3 nitrogen and oxygen atoms in total. The van der Waals surface area contributed by atoms with Crippen molar-refractivity contribution >= 4 is 10.8 Å². The molecule has 0 heterocycles. The highest BCUT2D eigenvalue weighted by atomic mass is 16.5. The number of phenols is 1. The van der Waals surface area contributed by atoms with Gasteiger partial charge in [-0.15, -0.1) is 0 Å². The van der Waals surface area contributed by atoms with Crippen LogP contribution in [0.4, 0.5) is 0 Å². The van der Waals surface area contributed by atoms with Gasteiger partial charge >= 0.3 is 0 Å². The third kappa shape index (κ3) is 4.53. The number of aromatic hydroxyl groups is 1. The fraction of sp³-hybridized carbons (Fsp3) is 0.450. The fourth-order valence-electron chi connectivity index (χ4n) is 9.90. The van der Waals surface area contributed by atoms with E-state index in [1.54, 1.807) is 14.2 Å². The molecule has 1 spiro atoms. The normalized spacial score (nSPS) is 20.1. The Morgan fingerprint density at radius 1 is 0.674 bits per heavy atom. The van der Waals surface area contributed by atoms with Crippen LogP contribution in [0.5, 0.6) is 17.2 Å². The van der Waals surface area contributed by atoms with Crippen molar-refractivity contribution in [3.8, 4) is 39.5 Å². The fourth-order valence-corrected chi connectivity index (χ4v) is 9.90. The molecule has 43 heavy (non-hydrogen) atoms. The average molecular weight is 575 g/mol. The molecule has 3 heteroatoms. The lowest BCUT2D eigenvalue weighted by atomic mass is 9.52. The molecular formula is C40H46O3. The van der Waals surface area contributed by atoms with E-state index in [9.17, 15) is 5.11 Å². The number of hydrogen-bond acceptors (Lipinski definition) is 3. The maximum atomic E-state index is 11.9. The zero-order valence-electron chi connectivity index (χ0n) is 26.8. The van der Waals surface area contributed by atoms with Gasteiger partial charge in [-0.2, -0.15) is 0 Å². The Morgan fingerprint density at radius 2 is 1.40 bits per heavy atom. The lowest BCUT2D eigenvalue weighted by Crippen LogP contribution is -2.43. The molecular weight excluding hydrogens is 528 g/mol. The highest BCUT2D eigenvalue weighted by Gasteiger charge is 2.53. The van der Waals surface area contributed by atoms with Gasteiger partial charge in [0.1, 0.15) is 17.2 Å². The molecule has 2 fully saturated rings. The number of rotatable bonds is 4. The number of phenolic OH excluding ortho intramolecular Hbond substituents is 1.